The molecule has 6 nitrogen and oxygen atoms in total. The Balaban J connectivity index is 1.54. The normalized spacial score (nSPS) is 18.6. The number of likely N-dealkylation sites (tertiary alicyclic amines) is 1. The summed E-state index contributed by atoms with van der Waals surface area (Å²) in [7, 11) is 0. The van der Waals surface area contributed by atoms with E-state index in [0.29, 0.717) is 22.6 Å². The zero-order chi connectivity index (χ0) is 21.7. The van der Waals surface area contributed by atoms with Crippen LogP contribution in [0.15, 0.2) is 48.5 Å². The molecule has 1 heterocycles. The number of ether oxygens (including phenoxy) is 1. The number of rotatable bonds is 6. The third-order valence-electron chi connectivity index (χ3n) is 5.51. The Hall–Kier alpha value is -3.15. The van der Waals surface area contributed by atoms with Gasteiger partial charge in [0.2, 0.25) is 0 Å². The second kappa shape index (κ2) is 9.57. The third-order valence-corrected chi connectivity index (χ3v) is 5.51. The molecule has 1 N–H and O–H groups in total. The van der Waals surface area contributed by atoms with Gasteiger partial charge in [-0.3, -0.25) is 14.4 Å². The summed E-state index contributed by atoms with van der Waals surface area (Å²) in [5.74, 6) is 0.254. The molecule has 0 unspecified atom stereocenters. The zero-order valence-electron chi connectivity index (χ0n) is 17.7. The van der Waals surface area contributed by atoms with E-state index < -0.39 is 0 Å². The molecule has 1 fully saturated rings. The first-order valence-electron chi connectivity index (χ1n) is 10.3. The number of anilines is 1. The lowest BCUT2D eigenvalue weighted by Crippen LogP contribution is -2.49. The smallest absolute Gasteiger partial charge is 0.260 e. The summed E-state index contributed by atoms with van der Waals surface area (Å²) >= 11 is 0. The van der Waals surface area contributed by atoms with Crippen molar-refractivity contribution < 1.29 is 19.1 Å². The molecular weight excluding hydrogens is 380 g/mol. The summed E-state index contributed by atoms with van der Waals surface area (Å²) in [6.45, 7) is 5.64. The lowest BCUT2D eigenvalue weighted by atomic mass is 9.97. The summed E-state index contributed by atoms with van der Waals surface area (Å²) in [5, 5.41) is 2.79. The molecule has 6 heteroatoms. The second-order valence-corrected chi connectivity index (χ2v) is 7.83. The van der Waals surface area contributed by atoms with Gasteiger partial charge in [0.05, 0.1) is 0 Å². The van der Waals surface area contributed by atoms with Crippen LogP contribution >= 0.6 is 0 Å². The van der Waals surface area contributed by atoms with Crippen LogP contribution in [0.2, 0.25) is 0 Å². The molecule has 1 aliphatic heterocycles. The molecule has 0 aliphatic carbocycles. The lowest BCUT2D eigenvalue weighted by Gasteiger charge is -2.38. The van der Waals surface area contributed by atoms with Crippen LogP contribution < -0.4 is 10.1 Å². The Morgan fingerprint density at radius 2 is 1.50 bits per heavy atom. The van der Waals surface area contributed by atoms with Gasteiger partial charge in [-0.1, -0.05) is 0 Å². The van der Waals surface area contributed by atoms with Gasteiger partial charge >= 0.3 is 0 Å². The van der Waals surface area contributed by atoms with Crippen molar-refractivity contribution in [3.63, 3.8) is 0 Å². The number of nitrogens with one attached hydrogen (secondary N) is 1. The van der Waals surface area contributed by atoms with E-state index in [1.165, 1.54) is 6.92 Å². The van der Waals surface area contributed by atoms with Crippen molar-refractivity contribution in [2.45, 2.75) is 52.1 Å². The van der Waals surface area contributed by atoms with Gasteiger partial charge in [0.25, 0.3) is 11.8 Å². The topological polar surface area (TPSA) is 75.7 Å². The van der Waals surface area contributed by atoms with Crippen LogP contribution in [-0.2, 0) is 4.79 Å². The van der Waals surface area contributed by atoms with E-state index in [9.17, 15) is 14.4 Å². The fourth-order valence-corrected chi connectivity index (χ4v) is 3.83. The molecule has 0 bridgehead atoms. The molecule has 1 aliphatic rings. The maximum absolute atomic E-state index is 12.6. The van der Waals surface area contributed by atoms with E-state index in [1.807, 2.05) is 4.90 Å². The van der Waals surface area contributed by atoms with Gasteiger partial charge in [0.15, 0.2) is 12.4 Å². The number of amides is 2. The lowest BCUT2D eigenvalue weighted by molar-refractivity contribution is -0.139. The van der Waals surface area contributed by atoms with E-state index in [4.69, 9.17) is 4.74 Å². The van der Waals surface area contributed by atoms with Crippen LogP contribution in [-0.4, -0.2) is 41.2 Å². The highest BCUT2D eigenvalue weighted by atomic mass is 16.5. The predicted molar refractivity (Wildman–Crippen MR) is 116 cm³/mol. The Kier molecular flexibility index (Phi) is 6.87. The summed E-state index contributed by atoms with van der Waals surface area (Å²) in [6, 6.07) is 13.9. The largest absolute Gasteiger partial charge is 0.484 e. The maximum Gasteiger partial charge on any atom is 0.260 e. The minimum absolute atomic E-state index is 0.00877. The molecule has 0 radical (unpaired) electrons. The van der Waals surface area contributed by atoms with Crippen LogP contribution in [0.4, 0.5) is 5.69 Å². The molecule has 0 spiro atoms. The van der Waals surface area contributed by atoms with Gasteiger partial charge in [-0.15, -0.1) is 0 Å². The first kappa shape index (κ1) is 21.6. The van der Waals surface area contributed by atoms with E-state index in [1.54, 1.807) is 48.5 Å². The predicted octanol–water partition coefficient (Wildman–Crippen LogP) is 4.31. The highest BCUT2D eigenvalue weighted by Crippen LogP contribution is 2.23. The number of Topliss-reactive ketones (excluding diaryl/α,β-unsaturated/α-hetero) is 1. The number of ketones is 1. The third kappa shape index (κ3) is 5.26. The van der Waals surface area contributed by atoms with Crippen LogP contribution in [0.3, 0.4) is 0 Å². The standard InChI is InChI=1S/C24H28N2O4/c1-16-5-4-6-17(2)26(16)23(28)15-30-22-13-9-20(10-14-22)24(29)25-21-11-7-19(8-12-21)18(3)27/h7-14,16-17H,4-6,15H2,1-3H3,(H,25,29)/t16-,17-/m0/s1. The maximum atomic E-state index is 12.6. The van der Waals surface area contributed by atoms with E-state index in [0.717, 1.165) is 19.3 Å². The quantitative estimate of drug-likeness (QED) is 0.723. The molecule has 1 saturated heterocycles. The Morgan fingerprint density at radius 3 is 2.07 bits per heavy atom. The highest BCUT2D eigenvalue weighted by Gasteiger charge is 2.28. The monoisotopic (exact) mass is 408 g/mol. The molecule has 2 aromatic rings. The van der Waals surface area contributed by atoms with Crippen molar-refractivity contribution in [1.29, 1.82) is 0 Å². The number of nitrogens with zero attached hydrogens (tertiary/aromatic N) is 1. The number of hydrogen-bond donors (Lipinski definition) is 1. The molecule has 2 atom stereocenters. The zero-order valence-corrected chi connectivity index (χ0v) is 17.7. The van der Waals surface area contributed by atoms with Gasteiger partial charge in [0, 0.05) is 28.9 Å². The van der Waals surface area contributed by atoms with Gasteiger partial charge in [-0.05, 0) is 88.6 Å². The second-order valence-electron chi connectivity index (χ2n) is 7.83. The van der Waals surface area contributed by atoms with Gasteiger partial charge in [-0.2, -0.15) is 0 Å². The molecule has 2 aromatic carbocycles. The van der Waals surface area contributed by atoms with Crippen molar-refractivity contribution in [3.05, 3.63) is 59.7 Å². The first-order valence-corrected chi connectivity index (χ1v) is 10.3. The van der Waals surface area contributed by atoms with Gasteiger partial charge < -0.3 is 15.0 Å². The Morgan fingerprint density at radius 1 is 0.933 bits per heavy atom. The number of carbonyl (C=O) groups excluding carboxylic acids is 3. The Bertz CT molecular complexity index is 896. The van der Waals surface area contributed by atoms with Crippen molar-refractivity contribution in [2.75, 3.05) is 11.9 Å². The van der Waals surface area contributed by atoms with Crippen molar-refractivity contribution in [1.82, 2.24) is 4.90 Å². The SMILES string of the molecule is CC(=O)c1ccc(NC(=O)c2ccc(OCC(=O)N3[C@@H](C)CCC[C@@H]3C)cc2)cc1. The average Bonchev–Trinajstić information content (AvgIpc) is 2.73. The molecule has 30 heavy (non-hydrogen) atoms. The van der Waals surface area contributed by atoms with Crippen molar-refractivity contribution in [2.24, 2.45) is 0 Å². The van der Waals surface area contributed by atoms with Crippen LogP contribution in [0.1, 0.15) is 60.7 Å². The number of piperidine rings is 1. The van der Waals surface area contributed by atoms with Crippen LogP contribution in [0.25, 0.3) is 0 Å². The van der Waals surface area contributed by atoms with E-state index in [2.05, 4.69) is 19.2 Å². The van der Waals surface area contributed by atoms with Crippen LogP contribution in [0.5, 0.6) is 5.75 Å². The van der Waals surface area contributed by atoms with E-state index >= 15 is 0 Å². The number of carbonyl (C=O) groups is 3. The summed E-state index contributed by atoms with van der Waals surface area (Å²) < 4.78 is 5.65. The minimum atomic E-state index is -0.260. The Labute approximate surface area is 177 Å². The number of hydrogen-bond acceptors (Lipinski definition) is 4. The average molecular weight is 408 g/mol. The van der Waals surface area contributed by atoms with Crippen molar-refractivity contribution >= 4 is 23.3 Å². The fourth-order valence-electron chi connectivity index (χ4n) is 3.83. The molecule has 2 amide bonds. The van der Waals surface area contributed by atoms with E-state index in [-0.39, 0.29) is 36.3 Å². The fraction of sp³-hybridized carbons (Fsp3) is 0.375. The van der Waals surface area contributed by atoms with Crippen LogP contribution in [0, 0.1) is 0 Å². The number of benzene rings is 2. The summed E-state index contributed by atoms with van der Waals surface area (Å²) in [5.41, 5.74) is 1.68. The highest BCUT2D eigenvalue weighted by molar-refractivity contribution is 6.04. The summed E-state index contributed by atoms with van der Waals surface area (Å²) in [6.07, 6.45) is 3.20. The first-order chi connectivity index (χ1) is 14.3. The van der Waals surface area contributed by atoms with Gasteiger partial charge in [0.1, 0.15) is 5.75 Å². The van der Waals surface area contributed by atoms with Gasteiger partial charge in [-0.25, -0.2) is 0 Å². The summed E-state index contributed by atoms with van der Waals surface area (Å²) in [4.78, 5) is 38.2. The molecule has 0 saturated carbocycles. The molecule has 0 aromatic heterocycles. The molecular formula is C24H28N2O4. The minimum Gasteiger partial charge on any atom is -0.484 e. The molecule has 3 rings (SSSR count). The molecule has 158 valence electrons. The van der Waals surface area contributed by atoms with Crippen molar-refractivity contribution in [3.8, 4) is 5.75 Å².